The van der Waals surface area contributed by atoms with Gasteiger partial charge in [0.1, 0.15) is 11.8 Å². The Morgan fingerprint density at radius 2 is 1.81 bits per heavy atom. The molecule has 0 aromatic heterocycles. The quantitative estimate of drug-likeness (QED) is 0.373. The third-order valence-electron chi connectivity index (χ3n) is 5.86. The number of carbonyl (C=O) groups excluding carboxylic acids is 2. The van der Waals surface area contributed by atoms with Crippen molar-refractivity contribution in [1.82, 2.24) is 10.2 Å². The van der Waals surface area contributed by atoms with Crippen molar-refractivity contribution in [1.29, 1.82) is 0 Å². The summed E-state index contributed by atoms with van der Waals surface area (Å²) < 4.78 is 31.5. The van der Waals surface area contributed by atoms with Crippen LogP contribution in [0.2, 0.25) is 5.02 Å². The van der Waals surface area contributed by atoms with Crippen LogP contribution in [0.5, 0.6) is 5.75 Å². The zero-order valence-corrected chi connectivity index (χ0v) is 23.8. The van der Waals surface area contributed by atoms with Gasteiger partial charge in [0.25, 0.3) is 0 Å². The van der Waals surface area contributed by atoms with Crippen LogP contribution in [0.25, 0.3) is 0 Å². The molecule has 10 heteroatoms. The molecule has 2 aromatic rings. The number of ether oxygens (including phenoxy) is 1. The van der Waals surface area contributed by atoms with E-state index in [2.05, 4.69) is 5.32 Å². The van der Waals surface area contributed by atoms with E-state index in [0.29, 0.717) is 29.4 Å². The molecule has 2 aromatic carbocycles. The van der Waals surface area contributed by atoms with Crippen molar-refractivity contribution in [2.24, 2.45) is 5.92 Å². The van der Waals surface area contributed by atoms with Gasteiger partial charge in [-0.15, -0.1) is 0 Å². The highest BCUT2D eigenvalue weighted by molar-refractivity contribution is 7.92. The van der Waals surface area contributed by atoms with Crippen molar-refractivity contribution in [3.63, 3.8) is 0 Å². The van der Waals surface area contributed by atoms with E-state index in [-0.39, 0.29) is 43.7 Å². The van der Waals surface area contributed by atoms with Gasteiger partial charge in [0.15, 0.2) is 0 Å². The summed E-state index contributed by atoms with van der Waals surface area (Å²) in [6.45, 7) is 6.66. The van der Waals surface area contributed by atoms with E-state index in [1.165, 1.54) is 11.4 Å². The standard InChI is InChI=1S/C27H38ClN3O5S/c1-6-25(27(33)29-18-20(2)3)30(19-21-11-7-8-14-24(21)28)26(32)15-10-16-31(37(5,34)35)22-12-9-13-23(17-22)36-4/h7-9,11-14,17,20,25H,6,10,15-16,18-19H2,1-5H3,(H,29,33). The molecule has 37 heavy (non-hydrogen) atoms. The molecule has 0 aliphatic rings. The van der Waals surface area contributed by atoms with Crippen LogP contribution in [-0.2, 0) is 26.2 Å². The van der Waals surface area contributed by atoms with Crippen molar-refractivity contribution < 1.29 is 22.7 Å². The number of methoxy groups -OCH3 is 1. The fourth-order valence-corrected chi connectivity index (χ4v) is 5.07. The van der Waals surface area contributed by atoms with Gasteiger partial charge in [0.2, 0.25) is 21.8 Å². The monoisotopic (exact) mass is 551 g/mol. The number of sulfonamides is 1. The maximum Gasteiger partial charge on any atom is 0.242 e. The molecular formula is C27H38ClN3O5S. The Morgan fingerprint density at radius 1 is 1.11 bits per heavy atom. The molecule has 0 saturated heterocycles. The van der Waals surface area contributed by atoms with E-state index in [4.69, 9.17) is 16.3 Å². The lowest BCUT2D eigenvalue weighted by Crippen LogP contribution is -2.49. The van der Waals surface area contributed by atoms with E-state index in [0.717, 1.165) is 11.8 Å². The predicted molar refractivity (Wildman–Crippen MR) is 148 cm³/mol. The second-order valence-corrected chi connectivity index (χ2v) is 11.6. The average Bonchev–Trinajstić information content (AvgIpc) is 2.85. The highest BCUT2D eigenvalue weighted by Gasteiger charge is 2.29. The maximum atomic E-state index is 13.5. The van der Waals surface area contributed by atoms with Crippen LogP contribution in [0.1, 0.15) is 45.6 Å². The summed E-state index contributed by atoms with van der Waals surface area (Å²) in [7, 11) is -2.08. The molecule has 0 aliphatic heterocycles. The topological polar surface area (TPSA) is 96.0 Å². The maximum absolute atomic E-state index is 13.5. The zero-order chi connectivity index (χ0) is 27.6. The molecule has 0 spiro atoms. The normalized spacial score (nSPS) is 12.2. The fourth-order valence-electron chi connectivity index (χ4n) is 3.92. The van der Waals surface area contributed by atoms with Crippen LogP contribution in [0.3, 0.4) is 0 Å². The second kappa shape index (κ2) is 14.2. The number of rotatable bonds is 14. The van der Waals surface area contributed by atoms with Gasteiger partial charge in [-0.1, -0.05) is 56.6 Å². The molecule has 2 amide bonds. The van der Waals surface area contributed by atoms with Gasteiger partial charge in [-0.05, 0) is 42.5 Å². The van der Waals surface area contributed by atoms with Gasteiger partial charge in [-0.2, -0.15) is 0 Å². The molecule has 204 valence electrons. The van der Waals surface area contributed by atoms with Gasteiger partial charge in [-0.3, -0.25) is 13.9 Å². The SMILES string of the molecule is CCC(C(=O)NCC(C)C)N(Cc1ccccc1Cl)C(=O)CCCN(c1cccc(OC)c1)S(C)(=O)=O. The molecule has 0 heterocycles. The number of amides is 2. The van der Waals surface area contributed by atoms with Crippen molar-refractivity contribution in [2.45, 2.75) is 52.6 Å². The number of hydrogen-bond acceptors (Lipinski definition) is 5. The number of carbonyl (C=O) groups is 2. The van der Waals surface area contributed by atoms with Gasteiger partial charge < -0.3 is 15.0 Å². The third kappa shape index (κ3) is 9.23. The molecule has 8 nitrogen and oxygen atoms in total. The van der Waals surface area contributed by atoms with Crippen LogP contribution in [-0.4, -0.2) is 57.6 Å². The fraction of sp³-hybridized carbons (Fsp3) is 0.481. The molecule has 2 rings (SSSR count). The second-order valence-electron chi connectivity index (χ2n) is 9.32. The Hall–Kier alpha value is -2.78. The van der Waals surface area contributed by atoms with Crippen molar-refractivity contribution in [3.8, 4) is 5.75 Å². The Balaban J connectivity index is 2.23. The minimum atomic E-state index is -3.59. The highest BCUT2D eigenvalue weighted by Crippen LogP contribution is 2.24. The van der Waals surface area contributed by atoms with Crippen LogP contribution in [0.4, 0.5) is 5.69 Å². The van der Waals surface area contributed by atoms with Crippen molar-refractivity contribution in [2.75, 3.05) is 30.8 Å². The third-order valence-corrected chi connectivity index (χ3v) is 7.43. The Kier molecular flexibility index (Phi) is 11.7. The van der Waals surface area contributed by atoms with Gasteiger partial charge in [-0.25, -0.2) is 8.42 Å². The summed E-state index contributed by atoms with van der Waals surface area (Å²) in [4.78, 5) is 28.1. The average molecular weight is 552 g/mol. The number of nitrogens with zero attached hydrogens (tertiary/aromatic N) is 2. The molecule has 0 radical (unpaired) electrons. The largest absolute Gasteiger partial charge is 0.497 e. The summed E-state index contributed by atoms with van der Waals surface area (Å²) in [5, 5.41) is 3.44. The van der Waals surface area contributed by atoms with Crippen LogP contribution < -0.4 is 14.4 Å². The zero-order valence-electron chi connectivity index (χ0n) is 22.2. The minimum absolute atomic E-state index is 0.0639. The summed E-state index contributed by atoms with van der Waals surface area (Å²) in [5.74, 6) is 0.343. The van der Waals surface area contributed by atoms with E-state index in [9.17, 15) is 18.0 Å². The number of halogens is 1. The first-order valence-corrected chi connectivity index (χ1v) is 14.6. The first kappa shape index (κ1) is 30.4. The number of anilines is 1. The molecule has 0 aliphatic carbocycles. The predicted octanol–water partition coefficient (Wildman–Crippen LogP) is 4.47. The van der Waals surface area contributed by atoms with Crippen molar-refractivity contribution >= 4 is 39.1 Å². The lowest BCUT2D eigenvalue weighted by molar-refractivity contribution is -0.141. The summed E-state index contributed by atoms with van der Waals surface area (Å²) >= 11 is 6.37. The van der Waals surface area contributed by atoms with E-state index < -0.39 is 16.1 Å². The smallest absolute Gasteiger partial charge is 0.242 e. The molecule has 0 fully saturated rings. The number of hydrogen-bond donors (Lipinski definition) is 1. The Labute approximate surface area is 226 Å². The molecule has 1 atom stereocenters. The molecule has 0 saturated carbocycles. The highest BCUT2D eigenvalue weighted by atomic mass is 35.5. The molecule has 1 N–H and O–H groups in total. The first-order valence-electron chi connectivity index (χ1n) is 12.4. The molecular weight excluding hydrogens is 514 g/mol. The van der Waals surface area contributed by atoms with Gasteiger partial charge in [0.05, 0.1) is 19.1 Å². The molecule has 1 unspecified atom stereocenters. The summed E-state index contributed by atoms with van der Waals surface area (Å²) in [6.07, 6.45) is 1.89. The Bertz CT molecular complexity index is 1160. The molecule has 0 bridgehead atoms. The lowest BCUT2D eigenvalue weighted by Gasteiger charge is -2.31. The van der Waals surface area contributed by atoms with E-state index in [1.807, 2.05) is 39.0 Å². The van der Waals surface area contributed by atoms with Gasteiger partial charge >= 0.3 is 0 Å². The van der Waals surface area contributed by atoms with Crippen molar-refractivity contribution in [3.05, 3.63) is 59.1 Å². The van der Waals surface area contributed by atoms with E-state index in [1.54, 1.807) is 35.2 Å². The summed E-state index contributed by atoms with van der Waals surface area (Å²) in [6, 6.07) is 13.3. The van der Waals surface area contributed by atoms with Crippen LogP contribution in [0, 0.1) is 5.92 Å². The van der Waals surface area contributed by atoms with Gasteiger partial charge in [0, 0.05) is 37.1 Å². The minimum Gasteiger partial charge on any atom is -0.497 e. The van der Waals surface area contributed by atoms with Crippen LogP contribution >= 0.6 is 11.6 Å². The summed E-state index contributed by atoms with van der Waals surface area (Å²) in [5.41, 5.74) is 1.20. The number of benzene rings is 2. The first-order chi connectivity index (χ1) is 17.5. The Morgan fingerprint density at radius 3 is 2.41 bits per heavy atom. The lowest BCUT2D eigenvalue weighted by atomic mass is 10.1. The van der Waals surface area contributed by atoms with E-state index >= 15 is 0 Å². The number of nitrogens with one attached hydrogen (secondary N) is 1. The van der Waals surface area contributed by atoms with Crippen LogP contribution in [0.15, 0.2) is 48.5 Å².